The monoisotopic (exact) mass is 344 g/mol. The molecule has 1 saturated carbocycles. The van der Waals surface area contributed by atoms with Crippen LogP contribution in [0.25, 0.3) is 0 Å². The summed E-state index contributed by atoms with van der Waals surface area (Å²) in [6, 6.07) is 4.29. The Morgan fingerprint density at radius 1 is 1.30 bits per heavy atom. The van der Waals surface area contributed by atoms with Crippen molar-refractivity contribution >= 4 is 21.9 Å². The van der Waals surface area contributed by atoms with Gasteiger partial charge >= 0.3 is 5.97 Å². The number of hydrogen-bond acceptors (Lipinski definition) is 5. The zero-order chi connectivity index (χ0) is 17.0. The summed E-state index contributed by atoms with van der Waals surface area (Å²) in [5.74, 6) is -1.87. The Bertz CT molecular complexity index is 686. The van der Waals surface area contributed by atoms with E-state index in [1.54, 1.807) is 0 Å². The Morgan fingerprint density at radius 3 is 2.48 bits per heavy atom. The van der Waals surface area contributed by atoms with Gasteiger partial charge in [-0.3, -0.25) is 9.59 Å². The maximum Gasteiger partial charge on any atom is 0.321 e. The number of hydrogen-bond donors (Lipinski definition) is 2. The highest BCUT2D eigenvalue weighted by Crippen LogP contribution is 2.18. The van der Waals surface area contributed by atoms with Gasteiger partial charge in [0, 0.05) is 6.04 Å². The van der Waals surface area contributed by atoms with Crippen LogP contribution >= 0.6 is 0 Å². The fraction of sp³-hybridized carbons (Fsp3) is 0.429. The Hall–Kier alpha value is -2.00. The van der Waals surface area contributed by atoms with E-state index in [4.69, 9.17) is 4.74 Å². The minimum atomic E-state index is -3.96. The van der Waals surface area contributed by atoms with E-state index in [1.165, 1.54) is 6.92 Å². The number of carbonyl (C=O) groups is 2. The molecule has 2 N–H and O–H groups in total. The van der Waals surface area contributed by atoms with Gasteiger partial charge in [0.2, 0.25) is 10.0 Å². The molecule has 2 rings (SSSR count). The van der Waals surface area contributed by atoms with Crippen molar-refractivity contribution < 1.29 is 27.1 Å². The fourth-order valence-corrected chi connectivity index (χ4v) is 2.66. The number of ether oxygens (including phenoxy) is 1. The van der Waals surface area contributed by atoms with Gasteiger partial charge < -0.3 is 10.1 Å². The molecule has 0 spiro atoms. The number of carbonyl (C=O) groups excluding carboxylic acids is 2. The van der Waals surface area contributed by atoms with Gasteiger partial charge in [0.25, 0.3) is 5.91 Å². The Kier molecular flexibility index (Phi) is 5.32. The van der Waals surface area contributed by atoms with E-state index in [1.807, 2.05) is 4.72 Å². The zero-order valence-corrected chi connectivity index (χ0v) is 13.2. The highest BCUT2D eigenvalue weighted by Gasteiger charge is 2.27. The van der Waals surface area contributed by atoms with Crippen LogP contribution in [0.1, 0.15) is 19.8 Å². The molecule has 0 saturated heterocycles. The summed E-state index contributed by atoms with van der Waals surface area (Å²) in [7, 11) is -3.96. The molecule has 126 valence electrons. The minimum absolute atomic E-state index is 0.139. The van der Waals surface area contributed by atoms with Crippen molar-refractivity contribution in [2.75, 3.05) is 6.54 Å². The summed E-state index contributed by atoms with van der Waals surface area (Å²) >= 11 is 0. The van der Waals surface area contributed by atoms with Crippen molar-refractivity contribution in [1.82, 2.24) is 10.0 Å². The third-order valence-electron chi connectivity index (χ3n) is 3.13. The number of esters is 1. The number of nitrogens with one attached hydrogen (secondary N) is 2. The second kappa shape index (κ2) is 7.05. The van der Waals surface area contributed by atoms with Crippen LogP contribution in [0, 0.1) is 5.82 Å². The summed E-state index contributed by atoms with van der Waals surface area (Å²) in [6.45, 7) is 0.783. The molecule has 1 atom stereocenters. The van der Waals surface area contributed by atoms with Crippen molar-refractivity contribution in [3.63, 3.8) is 0 Å². The predicted molar refractivity (Wildman–Crippen MR) is 78.3 cm³/mol. The average molecular weight is 344 g/mol. The molecule has 1 aromatic rings. The first-order valence-electron chi connectivity index (χ1n) is 7.03. The second-order valence-electron chi connectivity index (χ2n) is 5.19. The summed E-state index contributed by atoms with van der Waals surface area (Å²) < 4.78 is 43.5. The normalized spacial score (nSPS) is 15.7. The Morgan fingerprint density at radius 2 is 1.91 bits per heavy atom. The van der Waals surface area contributed by atoms with Crippen molar-refractivity contribution in [1.29, 1.82) is 0 Å². The summed E-state index contributed by atoms with van der Waals surface area (Å²) in [5.41, 5.74) is 0. The molecule has 1 aliphatic rings. The van der Waals surface area contributed by atoms with Gasteiger partial charge in [-0.15, -0.1) is 0 Å². The third-order valence-corrected chi connectivity index (χ3v) is 4.55. The van der Waals surface area contributed by atoms with E-state index < -0.39 is 40.4 Å². The highest BCUT2D eigenvalue weighted by molar-refractivity contribution is 7.89. The topological polar surface area (TPSA) is 102 Å². The number of sulfonamides is 1. The summed E-state index contributed by atoms with van der Waals surface area (Å²) in [6.07, 6.45) is 0.812. The largest absolute Gasteiger partial charge is 0.452 e. The molecular weight excluding hydrogens is 327 g/mol. The molecule has 1 amide bonds. The van der Waals surface area contributed by atoms with Gasteiger partial charge in [-0.1, -0.05) is 0 Å². The molecular formula is C14H17FN2O5S. The molecule has 0 unspecified atom stereocenters. The number of amides is 1. The van der Waals surface area contributed by atoms with Crippen LogP contribution in [-0.4, -0.2) is 39.0 Å². The lowest BCUT2D eigenvalue weighted by Gasteiger charge is -2.13. The molecule has 1 fully saturated rings. The minimum Gasteiger partial charge on any atom is -0.452 e. The first-order valence-corrected chi connectivity index (χ1v) is 8.51. The van der Waals surface area contributed by atoms with Gasteiger partial charge in [0.05, 0.1) is 4.90 Å². The standard InChI is InChI=1S/C14H17FN2O5S/c1-9(14(19)17-11-4-5-11)22-13(18)8-16-23(20,21)12-6-2-10(15)3-7-12/h2-3,6-7,9,11,16H,4-5,8H2,1H3,(H,17,19)/t9-/m1/s1. The van der Waals surface area contributed by atoms with Gasteiger partial charge in [0.1, 0.15) is 12.4 Å². The lowest BCUT2D eigenvalue weighted by molar-refractivity contribution is -0.153. The summed E-state index contributed by atoms with van der Waals surface area (Å²) in [5, 5.41) is 2.67. The molecule has 0 heterocycles. The van der Waals surface area contributed by atoms with Gasteiger partial charge in [-0.25, -0.2) is 12.8 Å². The molecule has 0 aromatic heterocycles. The molecule has 23 heavy (non-hydrogen) atoms. The molecule has 7 nitrogen and oxygen atoms in total. The molecule has 0 aliphatic heterocycles. The average Bonchev–Trinajstić information content (AvgIpc) is 3.29. The zero-order valence-electron chi connectivity index (χ0n) is 12.4. The van der Waals surface area contributed by atoms with Crippen LogP contribution in [0.15, 0.2) is 29.2 Å². The summed E-state index contributed by atoms with van der Waals surface area (Å²) in [4.78, 5) is 23.0. The van der Waals surface area contributed by atoms with Crippen LogP contribution in [0.5, 0.6) is 0 Å². The third kappa shape index (κ3) is 5.29. The smallest absolute Gasteiger partial charge is 0.321 e. The van der Waals surface area contributed by atoms with E-state index in [0.717, 1.165) is 37.1 Å². The van der Waals surface area contributed by atoms with Crippen LogP contribution in [0.2, 0.25) is 0 Å². The number of benzene rings is 1. The lowest BCUT2D eigenvalue weighted by Crippen LogP contribution is -2.39. The first kappa shape index (κ1) is 17.4. The molecule has 0 radical (unpaired) electrons. The maximum absolute atomic E-state index is 12.8. The van der Waals surface area contributed by atoms with Gasteiger partial charge in [-0.2, -0.15) is 4.72 Å². The number of halogens is 1. The van der Waals surface area contributed by atoms with Crippen molar-refractivity contribution in [2.24, 2.45) is 0 Å². The fourth-order valence-electron chi connectivity index (χ4n) is 1.69. The molecule has 1 aromatic carbocycles. The Balaban J connectivity index is 1.82. The van der Waals surface area contributed by atoms with Gasteiger partial charge in [0.15, 0.2) is 6.10 Å². The van der Waals surface area contributed by atoms with Crippen LogP contribution in [-0.2, 0) is 24.3 Å². The number of rotatable bonds is 7. The van der Waals surface area contributed by atoms with E-state index >= 15 is 0 Å². The SMILES string of the molecule is C[C@@H](OC(=O)CNS(=O)(=O)c1ccc(F)cc1)C(=O)NC1CC1. The first-order chi connectivity index (χ1) is 10.8. The molecule has 0 bridgehead atoms. The van der Waals surface area contributed by atoms with E-state index in [2.05, 4.69) is 5.32 Å². The second-order valence-corrected chi connectivity index (χ2v) is 6.96. The van der Waals surface area contributed by atoms with E-state index in [-0.39, 0.29) is 10.9 Å². The molecule has 9 heteroatoms. The highest BCUT2D eigenvalue weighted by atomic mass is 32.2. The van der Waals surface area contributed by atoms with Crippen molar-refractivity contribution in [3.05, 3.63) is 30.1 Å². The quantitative estimate of drug-likeness (QED) is 0.694. The van der Waals surface area contributed by atoms with E-state index in [9.17, 15) is 22.4 Å². The van der Waals surface area contributed by atoms with E-state index in [0.29, 0.717) is 0 Å². The van der Waals surface area contributed by atoms with Crippen LogP contribution in [0.3, 0.4) is 0 Å². The van der Waals surface area contributed by atoms with Crippen LogP contribution < -0.4 is 10.0 Å². The predicted octanol–water partition coefficient (Wildman–Crippen LogP) is 0.314. The maximum atomic E-state index is 12.8. The Labute approximate surface area is 133 Å². The molecule has 1 aliphatic carbocycles. The van der Waals surface area contributed by atoms with Crippen LogP contribution in [0.4, 0.5) is 4.39 Å². The van der Waals surface area contributed by atoms with Crippen molar-refractivity contribution in [3.8, 4) is 0 Å². The van der Waals surface area contributed by atoms with Crippen molar-refractivity contribution in [2.45, 2.75) is 36.8 Å². The van der Waals surface area contributed by atoms with Gasteiger partial charge in [-0.05, 0) is 44.0 Å². The lowest BCUT2D eigenvalue weighted by atomic mass is 10.3.